The van der Waals surface area contributed by atoms with Crippen molar-refractivity contribution < 1.29 is 14.3 Å². The molecule has 4 heteroatoms. The first kappa shape index (κ1) is 17.4. The Morgan fingerprint density at radius 3 is 2.61 bits per heavy atom. The highest BCUT2D eigenvalue weighted by Crippen LogP contribution is 2.29. The Balaban J connectivity index is 2.01. The molecule has 1 fully saturated rings. The highest BCUT2D eigenvalue weighted by molar-refractivity contribution is 5.91. The van der Waals surface area contributed by atoms with Crippen molar-refractivity contribution in [2.75, 3.05) is 26.8 Å². The molecule has 1 aliphatic heterocycles. The standard InChI is InChI=1S/C19H27NO3/c1-15(2)14-23-17-9-7-16(13-18(17)22-3)8-10-19(21)20-11-5-4-6-12-20/h7-10,13,15H,4-6,11-12,14H2,1-3H3/b10-8+. The zero-order valence-corrected chi connectivity index (χ0v) is 14.4. The predicted molar refractivity (Wildman–Crippen MR) is 92.8 cm³/mol. The average molecular weight is 317 g/mol. The van der Waals surface area contributed by atoms with Crippen molar-refractivity contribution >= 4 is 12.0 Å². The fourth-order valence-electron chi connectivity index (χ4n) is 2.55. The van der Waals surface area contributed by atoms with Gasteiger partial charge in [-0.2, -0.15) is 0 Å². The van der Waals surface area contributed by atoms with Crippen LogP contribution in [-0.4, -0.2) is 37.6 Å². The van der Waals surface area contributed by atoms with E-state index in [1.807, 2.05) is 29.2 Å². The second-order valence-corrected chi connectivity index (χ2v) is 6.33. The van der Waals surface area contributed by atoms with Crippen LogP contribution in [0.3, 0.4) is 0 Å². The third kappa shape index (κ3) is 5.31. The Hall–Kier alpha value is -1.97. The number of piperidine rings is 1. The number of nitrogens with zero attached hydrogens (tertiary/aromatic N) is 1. The van der Waals surface area contributed by atoms with Gasteiger partial charge in [0.1, 0.15) is 0 Å². The molecule has 0 unspecified atom stereocenters. The molecule has 2 rings (SSSR count). The number of benzene rings is 1. The van der Waals surface area contributed by atoms with Gasteiger partial charge in [0.05, 0.1) is 13.7 Å². The summed E-state index contributed by atoms with van der Waals surface area (Å²) in [5.74, 6) is 1.98. The van der Waals surface area contributed by atoms with E-state index in [1.54, 1.807) is 13.2 Å². The van der Waals surface area contributed by atoms with E-state index in [-0.39, 0.29) is 5.91 Å². The van der Waals surface area contributed by atoms with Crippen molar-refractivity contribution in [3.63, 3.8) is 0 Å². The SMILES string of the molecule is COc1cc(/C=C/C(=O)N2CCCCC2)ccc1OCC(C)C. The van der Waals surface area contributed by atoms with Crippen molar-refractivity contribution in [2.24, 2.45) is 5.92 Å². The first-order valence-corrected chi connectivity index (χ1v) is 8.38. The Morgan fingerprint density at radius 1 is 1.22 bits per heavy atom. The minimum Gasteiger partial charge on any atom is -0.493 e. The molecule has 1 aromatic carbocycles. The Morgan fingerprint density at radius 2 is 1.96 bits per heavy atom. The molecule has 0 aliphatic carbocycles. The lowest BCUT2D eigenvalue weighted by atomic mass is 10.1. The number of rotatable bonds is 6. The van der Waals surface area contributed by atoms with Gasteiger partial charge in [0, 0.05) is 19.2 Å². The summed E-state index contributed by atoms with van der Waals surface area (Å²) in [5.41, 5.74) is 0.934. The predicted octanol–water partition coefficient (Wildman–Crippen LogP) is 3.76. The summed E-state index contributed by atoms with van der Waals surface area (Å²) in [7, 11) is 1.63. The minimum absolute atomic E-state index is 0.0869. The maximum absolute atomic E-state index is 12.2. The molecule has 23 heavy (non-hydrogen) atoms. The summed E-state index contributed by atoms with van der Waals surface area (Å²) in [6.07, 6.45) is 6.92. The molecule has 0 N–H and O–H groups in total. The second-order valence-electron chi connectivity index (χ2n) is 6.33. The van der Waals surface area contributed by atoms with Crippen LogP contribution in [0.15, 0.2) is 24.3 Å². The first-order chi connectivity index (χ1) is 11.1. The molecule has 0 spiro atoms. The summed E-state index contributed by atoms with van der Waals surface area (Å²) in [6, 6.07) is 5.74. The van der Waals surface area contributed by atoms with E-state index in [9.17, 15) is 4.79 Å². The maximum Gasteiger partial charge on any atom is 0.246 e. The fourth-order valence-corrected chi connectivity index (χ4v) is 2.55. The van der Waals surface area contributed by atoms with Gasteiger partial charge < -0.3 is 14.4 Å². The molecule has 0 atom stereocenters. The van der Waals surface area contributed by atoms with Crippen molar-refractivity contribution in [1.29, 1.82) is 0 Å². The number of hydrogen-bond donors (Lipinski definition) is 0. The van der Waals surface area contributed by atoms with Gasteiger partial charge in [0.25, 0.3) is 0 Å². The van der Waals surface area contributed by atoms with Gasteiger partial charge in [-0.25, -0.2) is 0 Å². The summed E-state index contributed by atoms with van der Waals surface area (Å²) in [5, 5.41) is 0. The lowest BCUT2D eigenvalue weighted by Gasteiger charge is -2.25. The summed E-state index contributed by atoms with van der Waals surface area (Å²) in [4.78, 5) is 14.1. The maximum atomic E-state index is 12.2. The average Bonchev–Trinajstić information content (AvgIpc) is 2.58. The van der Waals surface area contributed by atoms with E-state index >= 15 is 0 Å². The smallest absolute Gasteiger partial charge is 0.246 e. The van der Waals surface area contributed by atoms with Crippen LogP contribution in [0.2, 0.25) is 0 Å². The number of methoxy groups -OCH3 is 1. The van der Waals surface area contributed by atoms with E-state index in [0.717, 1.165) is 37.2 Å². The molecule has 1 heterocycles. The lowest BCUT2D eigenvalue weighted by molar-refractivity contribution is -0.126. The number of likely N-dealkylation sites (tertiary alicyclic amines) is 1. The Bertz CT molecular complexity index is 546. The highest BCUT2D eigenvalue weighted by Gasteiger charge is 2.13. The molecule has 0 aromatic heterocycles. The van der Waals surface area contributed by atoms with Crippen LogP contribution in [0.25, 0.3) is 6.08 Å². The topological polar surface area (TPSA) is 38.8 Å². The molecule has 0 radical (unpaired) electrons. The van der Waals surface area contributed by atoms with Crippen molar-refractivity contribution in [1.82, 2.24) is 4.90 Å². The Labute approximate surface area is 139 Å². The molecular weight excluding hydrogens is 290 g/mol. The van der Waals surface area contributed by atoms with Gasteiger partial charge in [-0.1, -0.05) is 19.9 Å². The van der Waals surface area contributed by atoms with E-state index in [0.29, 0.717) is 18.3 Å². The molecule has 126 valence electrons. The second kappa shape index (κ2) is 8.61. The van der Waals surface area contributed by atoms with Gasteiger partial charge in [0.15, 0.2) is 11.5 Å². The molecule has 1 aromatic rings. The Kier molecular flexibility index (Phi) is 6.51. The van der Waals surface area contributed by atoms with Crippen LogP contribution in [0.5, 0.6) is 11.5 Å². The molecule has 0 bridgehead atoms. The number of carbonyl (C=O) groups is 1. The van der Waals surface area contributed by atoms with Gasteiger partial charge in [-0.3, -0.25) is 4.79 Å². The van der Waals surface area contributed by atoms with Crippen LogP contribution in [0.4, 0.5) is 0 Å². The summed E-state index contributed by atoms with van der Waals surface area (Å²) in [6.45, 7) is 6.60. The lowest BCUT2D eigenvalue weighted by Crippen LogP contribution is -2.34. The molecule has 1 amide bonds. The molecule has 4 nitrogen and oxygen atoms in total. The zero-order valence-electron chi connectivity index (χ0n) is 14.4. The summed E-state index contributed by atoms with van der Waals surface area (Å²) < 4.78 is 11.1. The first-order valence-electron chi connectivity index (χ1n) is 8.38. The molecule has 0 saturated carbocycles. The largest absolute Gasteiger partial charge is 0.493 e. The summed E-state index contributed by atoms with van der Waals surface area (Å²) >= 11 is 0. The van der Waals surface area contributed by atoms with Crippen LogP contribution in [0.1, 0.15) is 38.7 Å². The number of ether oxygens (including phenoxy) is 2. The molecule has 1 saturated heterocycles. The van der Waals surface area contributed by atoms with E-state index in [4.69, 9.17) is 9.47 Å². The van der Waals surface area contributed by atoms with Crippen LogP contribution >= 0.6 is 0 Å². The third-order valence-corrected chi connectivity index (χ3v) is 3.85. The van der Waals surface area contributed by atoms with Gasteiger partial charge >= 0.3 is 0 Å². The van der Waals surface area contributed by atoms with E-state index < -0.39 is 0 Å². The molecule has 1 aliphatic rings. The zero-order chi connectivity index (χ0) is 16.7. The number of amides is 1. The van der Waals surface area contributed by atoms with Gasteiger partial charge in [-0.15, -0.1) is 0 Å². The van der Waals surface area contributed by atoms with Crippen LogP contribution in [-0.2, 0) is 4.79 Å². The highest BCUT2D eigenvalue weighted by atomic mass is 16.5. The van der Waals surface area contributed by atoms with Crippen LogP contribution < -0.4 is 9.47 Å². The fraction of sp³-hybridized carbons (Fsp3) is 0.526. The molecular formula is C19H27NO3. The normalized spacial score (nSPS) is 15.2. The van der Waals surface area contributed by atoms with Crippen LogP contribution in [0, 0.1) is 5.92 Å². The van der Waals surface area contributed by atoms with E-state index in [2.05, 4.69) is 13.8 Å². The number of hydrogen-bond acceptors (Lipinski definition) is 3. The van der Waals surface area contributed by atoms with Gasteiger partial charge in [0.2, 0.25) is 5.91 Å². The number of carbonyl (C=O) groups excluding carboxylic acids is 1. The monoisotopic (exact) mass is 317 g/mol. The minimum atomic E-state index is 0.0869. The van der Waals surface area contributed by atoms with E-state index in [1.165, 1.54) is 6.42 Å². The van der Waals surface area contributed by atoms with Crippen molar-refractivity contribution in [3.05, 3.63) is 29.8 Å². The van der Waals surface area contributed by atoms with Crippen molar-refractivity contribution in [3.8, 4) is 11.5 Å². The van der Waals surface area contributed by atoms with Crippen molar-refractivity contribution in [2.45, 2.75) is 33.1 Å². The van der Waals surface area contributed by atoms with Gasteiger partial charge in [-0.05, 0) is 49.0 Å². The third-order valence-electron chi connectivity index (χ3n) is 3.85. The quantitative estimate of drug-likeness (QED) is 0.750.